The van der Waals surface area contributed by atoms with Gasteiger partial charge in [-0.1, -0.05) is 19.1 Å². The van der Waals surface area contributed by atoms with E-state index in [9.17, 15) is 0 Å². The third-order valence-corrected chi connectivity index (χ3v) is 3.18. The monoisotopic (exact) mass is 270 g/mol. The van der Waals surface area contributed by atoms with Gasteiger partial charge in [-0.15, -0.1) is 0 Å². The Hall–Kier alpha value is -2.03. The lowest BCUT2D eigenvalue weighted by Gasteiger charge is -2.14. The predicted octanol–water partition coefficient (Wildman–Crippen LogP) is 4.16. The van der Waals surface area contributed by atoms with Gasteiger partial charge in [-0.2, -0.15) is 0 Å². The predicted molar refractivity (Wildman–Crippen MR) is 83.4 cm³/mol. The number of hydrogen-bond donors (Lipinski definition) is 1. The van der Waals surface area contributed by atoms with E-state index in [1.54, 1.807) is 0 Å². The third kappa shape index (κ3) is 3.29. The lowest BCUT2D eigenvalue weighted by atomic mass is 10.2. The van der Waals surface area contributed by atoms with Crippen molar-refractivity contribution in [3.63, 3.8) is 0 Å². The highest BCUT2D eigenvalue weighted by Gasteiger charge is 2.11. The van der Waals surface area contributed by atoms with Crippen molar-refractivity contribution >= 4 is 6.21 Å². The molecule has 2 rings (SSSR count). The SMILES string of the molecule is CCCOc1ccc(CCC=N)n1-c1cccc(C)c1. The highest BCUT2D eigenvalue weighted by atomic mass is 16.5. The summed E-state index contributed by atoms with van der Waals surface area (Å²) in [5.41, 5.74) is 3.54. The molecule has 0 radical (unpaired) electrons. The normalized spacial score (nSPS) is 10.5. The number of nitrogens with one attached hydrogen (secondary N) is 1. The Kier molecular flexibility index (Phi) is 4.99. The molecular formula is C17H22N2O. The van der Waals surface area contributed by atoms with E-state index < -0.39 is 0 Å². The van der Waals surface area contributed by atoms with E-state index in [0.29, 0.717) is 0 Å². The van der Waals surface area contributed by atoms with Gasteiger partial charge in [0, 0.05) is 17.4 Å². The second-order valence-corrected chi connectivity index (χ2v) is 4.93. The standard InChI is InChI=1S/C17H22N2O/c1-3-12-20-17-10-9-15(8-5-11-18)19(17)16-7-4-6-14(2)13-16/h4,6-7,9-11,13,18H,3,5,8,12H2,1-2H3. The van der Waals surface area contributed by atoms with Crippen LogP contribution in [0.25, 0.3) is 5.69 Å². The molecule has 0 aliphatic rings. The molecular weight excluding hydrogens is 248 g/mol. The van der Waals surface area contributed by atoms with Crippen LogP contribution in [0.1, 0.15) is 31.0 Å². The number of hydrogen-bond acceptors (Lipinski definition) is 2. The van der Waals surface area contributed by atoms with Crippen LogP contribution in [-0.4, -0.2) is 17.4 Å². The molecule has 0 unspecified atom stereocenters. The molecule has 1 aromatic carbocycles. The van der Waals surface area contributed by atoms with Crippen molar-refractivity contribution < 1.29 is 4.74 Å². The first kappa shape index (κ1) is 14.4. The summed E-state index contributed by atoms with van der Waals surface area (Å²) in [6.07, 6.45) is 4.06. The molecule has 0 aliphatic heterocycles. The van der Waals surface area contributed by atoms with Gasteiger partial charge >= 0.3 is 0 Å². The summed E-state index contributed by atoms with van der Waals surface area (Å²) >= 11 is 0. The van der Waals surface area contributed by atoms with Crippen molar-refractivity contribution in [1.29, 1.82) is 5.41 Å². The smallest absolute Gasteiger partial charge is 0.198 e. The molecule has 0 saturated carbocycles. The third-order valence-electron chi connectivity index (χ3n) is 3.18. The Labute approximate surface area is 120 Å². The number of aromatic nitrogens is 1. The lowest BCUT2D eigenvalue weighted by Crippen LogP contribution is -2.06. The van der Waals surface area contributed by atoms with Crippen molar-refractivity contribution in [3.8, 4) is 11.6 Å². The van der Waals surface area contributed by atoms with Crippen LogP contribution in [0.5, 0.6) is 5.88 Å². The minimum atomic E-state index is 0.722. The molecule has 0 saturated heterocycles. The quantitative estimate of drug-likeness (QED) is 0.754. The Balaban J connectivity index is 2.39. The van der Waals surface area contributed by atoms with E-state index in [1.807, 2.05) is 6.07 Å². The molecule has 1 N–H and O–H groups in total. The van der Waals surface area contributed by atoms with Crippen LogP contribution in [-0.2, 0) is 6.42 Å². The Bertz CT molecular complexity index is 572. The second kappa shape index (κ2) is 6.94. The summed E-state index contributed by atoms with van der Waals surface area (Å²) in [4.78, 5) is 0. The first-order chi connectivity index (χ1) is 9.76. The fourth-order valence-electron chi connectivity index (χ4n) is 2.25. The summed E-state index contributed by atoms with van der Waals surface area (Å²) in [5, 5.41) is 7.21. The van der Waals surface area contributed by atoms with Crippen molar-refractivity contribution in [1.82, 2.24) is 4.57 Å². The van der Waals surface area contributed by atoms with Gasteiger partial charge < -0.3 is 10.1 Å². The maximum atomic E-state index is 7.21. The summed E-state index contributed by atoms with van der Waals surface area (Å²) < 4.78 is 8.01. The molecule has 20 heavy (non-hydrogen) atoms. The van der Waals surface area contributed by atoms with Gasteiger partial charge in [0.2, 0.25) is 0 Å². The maximum absolute atomic E-state index is 7.21. The van der Waals surface area contributed by atoms with Crippen molar-refractivity contribution in [2.45, 2.75) is 33.1 Å². The zero-order valence-electron chi connectivity index (χ0n) is 12.2. The van der Waals surface area contributed by atoms with Crippen LogP contribution in [0.2, 0.25) is 0 Å². The van der Waals surface area contributed by atoms with E-state index in [2.05, 4.69) is 48.7 Å². The molecule has 0 amide bonds. The first-order valence-corrected chi connectivity index (χ1v) is 7.15. The Morgan fingerprint density at radius 1 is 1.25 bits per heavy atom. The van der Waals surface area contributed by atoms with E-state index in [-0.39, 0.29) is 0 Å². The van der Waals surface area contributed by atoms with Gasteiger partial charge in [0.15, 0.2) is 5.88 Å². The number of rotatable bonds is 7. The topological polar surface area (TPSA) is 38.0 Å². The second-order valence-electron chi connectivity index (χ2n) is 4.93. The summed E-state index contributed by atoms with van der Waals surface area (Å²) in [6, 6.07) is 12.5. The average Bonchev–Trinajstić information content (AvgIpc) is 2.85. The molecule has 0 bridgehead atoms. The van der Waals surface area contributed by atoms with E-state index >= 15 is 0 Å². The first-order valence-electron chi connectivity index (χ1n) is 7.15. The number of aryl methyl sites for hydroxylation is 2. The lowest BCUT2D eigenvalue weighted by molar-refractivity contribution is 0.299. The number of benzene rings is 1. The Morgan fingerprint density at radius 3 is 2.80 bits per heavy atom. The minimum absolute atomic E-state index is 0.722. The highest BCUT2D eigenvalue weighted by molar-refractivity contribution is 5.53. The molecule has 0 spiro atoms. The van der Waals surface area contributed by atoms with Crippen molar-refractivity contribution in [3.05, 3.63) is 47.7 Å². The van der Waals surface area contributed by atoms with Gasteiger partial charge in [-0.3, -0.25) is 4.57 Å². The van der Waals surface area contributed by atoms with Crippen LogP contribution in [0.15, 0.2) is 36.4 Å². The van der Waals surface area contributed by atoms with Crippen LogP contribution in [0, 0.1) is 12.3 Å². The van der Waals surface area contributed by atoms with Crippen LogP contribution in [0.3, 0.4) is 0 Å². The molecule has 0 fully saturated rings. The van der Waals surface area contributed by atoms with Gasteiger partial charge in [-0.25, -0.2) is 0 Å². The molecule has 0 atom stereocenters. The van der Waals surface area contributed by atoms with Crippen LogP contribution >= 0.6 is 0 Å². The minimum Gasteiger partial charge on any atom is -0.479 e. The molecule has 106 valence electrons. The van der Waals surface area contributed by atoms with Crippen LogP contribution < -0.4 is 4.74 Å². The molecule has 1 heterocycles. The van der Waals surface area contributed by atoms with E-state index in [4.69, 9.17) is 10.1 Å². The van der Waals surface area contributed by atoms with Crippen molar-refractivity contribution in [2.24, 2.45) is 0 Å². The largest absolute Gasteiger partial charge is 0.479 e. The molecule has 2 aromatic rings. The van der Waals surface area contributed by atoms with Gasteiger partial charge in [0.1, 0.15) is 0 Å². The number of nitrogens with zero attached hydrogens (tertiary/aromatic N) is 1. The summed E-state index contributed by atoms with van der Waals surface area (Å²) in [7, 11) is 0. The fourth-order valence-corrected chi connectivity index (χ4v) is 2.25. The molecule has 3 heteroatoms. The van der Waals surface area contributed by atoms with Gasteiger partial charge in [-0.05, 0) is 56.2 Å². The maximum Gasteiger partial charge on any atom is 0.198 e. The average molecular weight is 270 g/mol. The molecule has 1 aromatic heterocycles. The fraction of sp³-hybridized carbons (Fsp3) is 0.353. The molecule has 3 nitrogen and oxygen atoms in total. The molecule has 0 aliphatic carbocycles. The van der Waals surface area contributed by atoms with E-state index in [1.165, 1.54) is 17.5 Å². The van der Waals surface area contributed by atoms with Gasteiger partial charge in [0.25, 0.3) is 0 Å². The van der Waals surface area contributed by atoms with Crippen molar-refractivity contribution in [2.75, 3.05) is 6.61 Å². The van der Waals surface area contributed by atoms with E-state index in [0.717, 1.165) is 37.4 Å². The Morgan fingerprint density at radius 2 is 2.10 bits per heavy atom. The summed E-state index contributed by atoms with van der Waals surface area (Å²) in [5.74, 6) is 0.887. The number of ether oxygens (including phenoxy) is 1. The zero-order chi connectivity index (χ0) is 14.4. The van der Waals surface area contributed by atoms with Crippen LogP contribution in [0.4, 0.5) is 0 Å². The zero-order valence-corrected chi connectivity index (χ0v) is 12.2. The summed E-state index contributed by atoms with van der Waals surface area (Å²) in [6.45, 7) is 4.92. The van der Waals surface area contributed by atoms with Gasteiger partial charge in [0.05, 0.1) is 6.61 Å². The highest BCUT2D eigenvalue weighted by Crippen LogP contribution is 2.25.